The minimum absolute atomic E-state index is 0.00278. The first-order valence-electron chi connectivity index (χ1n) is 4.59. The normalized spacial score (nSPS) is 20.4. The zero-order valence-electron chi connectivity index (χ0n) is 7.90. The molecule has 1 aliphatic rings. The van der Waals surface area contributed by atoms with Gasteiger partial charge in [-0.05, 0) is 6.42 Å². The standard InChI is InChI=1S/C9H10N2O4/c12-7-3-6(9(13)14)10-8(11-7)5-1-2-15-4-5/h3,5H,1-2,4H2,(H,13,14)(H,10,11,12). The summed E-state index contributed by atoms with van der Waals surface area (Å²) >= 11 is 0. The number of carboxylic acids is 1. The van der Waals surface area contributed by atoms with Gasteiger partial charge in [0.25, 0.3) is 5.56 Å². The number of carbonyl (C=O) groups is 1. The SMILES string of the molecule is O=C(O)c1cc(=O)[nH]c(C2CCOC2)n1. The molecular formula is C9H10N2O4. The van der Waals surface area contributed by atoms with Crippen LogP contribution in [0, 0.1) is 0 Å². The first kappa shape index (κ1) is 9.85. The van der Waals surface area contributed by atoms with Gasteiger partial charge >= 0.3 is 5.97 Å². The maximum absolute atomic E-state index is 11.2. The second kappa shape index (κ2) is 3.82. The van der Waals surface area contributed by atoms with Crippen LogP contribution < -0.4 is 5.56 Å². The molecule has 2 heterocycles. The number of carboxylic acid groups (broad SMARTS) is 1. The number of H-pyrrole nitrogens is 1. The van der Waals surface area contributed by atoms with Gasteiger partial charge in [0.05, 0.1) is 6.61 Å². The molecule has 1 fully saturated rings. The van der Waals surface area contributed by atoms with Crippen molar-refractivity contribution in [2.45, 2.75) is 12.3 Å². The van der Waals surface area contributed by atoms with Crippen molar-refractivity contribution in [2.24, 2.45) is 0 Å². The Balaban J connectivity index is 2.38. The molecule has 0 aromatic carbocycles. The van der Waals surface area contributed by atoms with Gasteiger partial charge in [0.2, 0.25) is 0 Å². The van der Waals surface area contributed by atoms with Crippen LogP contribution in [0.2, 0.25) is 0 Å². The fraction of sp³-hybridized carbons (Fsp3) is 0.444. The zero-order chi connectivity index (χ0) is 10.8. The van der Waals surface area contributed by atoms with E-state index in [1.165, 1.54) is 0 Å². The van der Waals surface area contributed by atoms with Crippen LogP contribution in [0.3, 0.4) is 0 Å². The molecular weight excluding hydrogens is 200 g/mol. The summed E-state index contributed by atoms with van der Waals surface area (Å²) in [4.78, 5) is 28.3. The first-order valence-corrected chi connectivity index (χ1v) is 4.59. The summed E-state index contributed by atoms with van der Waals surface area (Å²) < 4.78 is 5.14. The number of rotatable bonds is 2. The van der Waals surface area contributed by atoms with Gasteiger partial charge in [-0.1, -0.05) is 0 Å². The largest absolute Gasteiger partial charge is 0.477 e. The Kier molecular flexibility index (Phi) is 2.51. The topological polar surface area (TPSA) is 92.3 Å². The van der Waals surface area contributed by atoms with Gasteiger partial charge in [-0.15, -0.1) is 0 Å². The van der Waals surface area contributed by atoms with E-state index in [2.05, 4.69) is 9.97 Å². The third-order valence-electron chi connectivity index (χ3n) is 2.30. The molecule has 80 valence electrons. The van der Waals surface area contributed by atoms with Gasteiger partial charge in [0.1, 0.15) is 5.82 Å². The Morgan fingerprint density at radius 3 is 3.07 bits per heavy atom. The Morgan fingerprint density at radius 2 is 2.47 bits per heavy atom. The molecule has 6 nitrogen and oxygen atoms in total. The number of aromatic carboxylic acids is 1. The number of hydrogen-bond donors (Lipinski definition) is 2. The minimum atomic E-state index is -1.19. The Morgan fingerprint density at radius 1 is 1.67 bits per heavy atom. The minimum Gasteiger partial charge on any atom is -0.477 e. The fourth-order valence-corrected chi connectivity index (χ4v) is 1.53. The molecule has 6 heteroatoms. The smallest absolute Gasteiger partial charge is 0.354 e. The molecule has 1 aromatic rings. The van der Waals surface area contributed by atoms with E-state index in [0.717, 1.165) is 12.5 Å². The van der Waals surface area contributed by atoms with Crippen molar-refractivity contribution in [1.82, 2.24) is 9.97 Å². The summed E-state index contributed by atoms with van der Waals surface area (Å²) in [7, 11) is 0. The number of aromatic amines is 1. The first-order chi connectivity index (χ1) is 7.16. The van der Waals surface area contributed by atoms with Crippen molar-refractivity contribution < 1.29 is 14.6 Å². The van der Waals surface area contributed by atoms with E-state index in [0.29, 0.717) is 19.0 Å². The summed E-state index contributed by atoms with van der Waals surface area (Å²) in [5.41, 5.74) is -0.662. The van der Waals surface area contributed by atoms with Gasteiger partial charge in [0.15, 0.2) is 5.69 Å². The highest BCUT2D eigenvalue weighted by Crippen LogP contribution is 2.21. The molecule has 15 heavy (non-hydrogen) atoms. The van der Waals surface area contributed by atoms with Crippen LogP contribution in [0.15, 0.2) is 10.9 Å². The molecule has 0 bridgehead atoms. The quantitative estimate of drug-likeness (QED) is 0.715. The van der Waals surface area contributed by atoms with Crippen LogP contribution in [0.1, 0.15) is 28.7 Å². The highest BCUT2D eigenvalue weighted by atomic mass is 16.5. The molecule has 0 aliphatic carbocycles. The number of ether oxygens (including phenoxy) is 1. The summed E-state index contributed by atoms with van der Waals surface area (Å²) in [6, 6.07) is 0.974. The van der Waals surface area contributed by atoms with Gasteiger partial charge in [-0.3, -0.25) is 4.79 Å². The second-order valence-electron chi connectivity index (χ2n) is 3.38. The molecule has 1 saturated heterocycles. The van der Waals surface area contributed by atoms with E-state index < -0.39 is 11.5 Å². The highest BCUT2D eigenvalue weighted by Gasteiger charge is 2.21. The van der Waals surface area contributed by atoms with Gasteiger partial charge in [-0.2, -0.15) is 0 Å². The van der Waals surface area contributed by atoms with Gasteiger partial charge < -0.3 is 14.8 Å². The summed E-state index contributed by atoms with van der Waals surface area (Å²) in [6.45, 7) is 1.09. The fourth-order valence-electron chi connectivity index (χ4n) is 1.53. The average molecular weight is 210 g/mol. The average Bonchev–Trinajstić information content (AvgIpc) is 2.69. The van der Waals surface area contributed by atoms with Crippen LogP contribution in [0.25, 0.3) is 0 Å². The summed E-state index contributed by atoms with van der Waals surface area (Å²) in [5, 5.41) is 8.73. The van der Waals surface area contributed by atoms with Crippen molar-refractivity contribution in [3.8, 4) is 0 Å². The Bertz CT molecular complexity index is 434. The monoisotopic (exact) mass is 210 g/mol. The maximum Gasteiger partial charge on any atom is 0.354 e. The van der Waals surface area contributed by atoms with Crippen LogP contribution in [-0.2, 0) is 4.74 Å². The number of hydrogen-bond acceptors (Lipinski definition) is 4. The lowest BCUT2D eigenvalue weighted by Gasteiger charge is -2.06. The molecule has 1 unspecified atom stereocenters. The molecule has 0 spiro atoms. The van der Waals surface area contributed by atoms with E-state index in [1.807, 2.05) is 0 Å². The van der Waals surface area contributed by atoms with Crippen molar-refractivity contribution in [1.29, 1.82) is 0 Å². The van der Waals surface area contributed by atoms with E-state index >= 15 is 0 Å². The third-order valence-corrected chi connectivity index (χ3v) is 2.30. The van der Waals surface area contributed by atoms with Crippen LogP contribution in [0.5, 0.6) is 0 Å². The molecule has 1 atom stereocenters. The number of aromatic nitrogens is 2. The predicted octanol–water partition coefficient (Wildman–Crippen LogP) is -0.0280. The molecule has 0 radical (unpaired) electrons. The predicted molar refractivity (Wildman–Crippen MR) is 50.0 cm³/mol. The lowest BCUT2D eigenvalue weighted by Crippen LogP contribution is -2.18. The van der Waals surface area contributed by atoms with Gasteiger partial charge in [0, 0.05) is 18.6 Å². The molecule has 1 aliphatic heterocycles. The van der Waals surface area contributed by atoms with E-state index in [-0.39, 0.29) is 11.6 Å². The highest BCUT2D eigenvalue weighted by molar-refractivity contribution is 5.85. The lowest BCUT2D eigenvalue weighted by atomic mass is 10.1. The Hall–Kier alpha value is -1.69. The van der Waals surface area contributed by atoms with Crippen LogP contribution in [0.4, 0.5) is 0 Å². The van der Waals surface area contributed by atoms with E-state index in [4.69, 9.17) is 9.84 Å². The molecule has 0 saturated carbocycles. The van der Waals surface area contributed by atoms with E-state index in [9.17, 15) is 9.59 Å². The zero-order valence-corrected chi connectivity index (χ0v) is 7.90. The second-order valence-corrected chi connectivity index (χ2v) is 3.38. The van der Waals surface area contributed by atoms with Crippen molar-refractivity contribution in [3.63, 3.8) is 0 Å². The molecule has 2 N–H and O–H groups in total. The number of nitrogens with zero attached hydrogens (tertiary/aromatic N) is 1. The molecule has 0 amide bonds. The van der Waals surface area contributed by atoms with Gasteiger partial charge in [-0.25, -0.2) is 9.78 Å². The van der Waals surface area contributed by atoms with Crippen molar-refractivity contribution >= 4 is 5.97 Å². The van der Waals surface area contributed by atoms with E-state index in [1.54, 1.807) is 0 Å². The molecule has 1 aromatic heterocycles. The lowest BCUT2D eigenvalue weighted by molar-refractivity contribution is 0.0689. The van der Waals surface area contributed by atoms with Crippen LogP contribution in [-0.4, -0.2) is 34.3 Å². The summed E-state index contributed by atoms with van der Waals surface area (Å²) in [5.74, 6) is -0.796. The van der Waals surface area contributed by atoms with Crippen LogP contribution >= 0.6 is 0 Å². The third kappa shape index (κ3) is 2.04. The summed E-state index contributed by atoms with van der Waals surface area (Å²) in [6.07, 6.45) is 0.756. The van der Waals surface area contributed by atoms with Crippen molar-refractivity contribution in [2.75, 3.05) is 13.2 Å². The maximum atomic E-state index is 11.2. The Labute approximate surface area is 84.9 Å². The van der Waals surface area contributed by atoms with Crippen molar-refractivity contribution in [3.05, 3.63) is 27.9 Å². The molecule has 2 rings (SSSR count). The number of nitrogens with one attached hydrogen (secondary N) is 1.